The van der Waals surface area contributed by atoms with E-state index in [1.807, 2.05) is 66.2 Å². The van der Waals surface area contributed by atoms with E-state index in [1.165, 1.54) is 6.26 Å². The Morgan fingerprint density at radius 2 is 1.97 bits per heavy atom. The van der Waals surface area contributed by atoms with Crippen molar-refractivity contribution in [1.82, 2.24) is 14.7 Å². The number of hydrogen-bond donors (Lipinski definition) is 1. The standard InChI is InChI=1S/C23H22N4O3S/c1-16-7-5-6-10-20(16)27-22(18-13-31-14-19(18)25-27)24-23(28)26(21-12-29-15-30-21)11-17-8-3-2-4-9-17/h2-10,12H,11,13-15H2,1H3,(H,24,28). The summed E-state index contributed by atoms with van der Waals surface area (Å²) in [5.41, 5.74) is 5.11. The quantitative estimate of drug-likeness (QED) is 0.627. The summed E-state index contributed by atoms with van der Waals surface area (Å²) in [5.74, 6) is 2.75. The number of fused-ring (bicyclic) bond motifs is 1. The van der Waals surface area contributed by atoms with Crippen LogP contribution in [0.2, 0.25) is 0 Å². The van der Waals surface area contributed by atoms with Crippen LogP contribution in [-0.2, 0) is 27.5 Å². The molecule has 0 unspecified atom stereocenters. The Morgan fingerprint density at radius 3 is 2.74 bits per heavy atom. The van der Waals surface area contributed by atoms with Crippen molar-refractivity contribution in [3.63, 3.8) is 0 Å². The number of aryl methyl sites for hydroxylation is 1. The van der Waals surface area contributed by atoms with Crippen molar-refractivity contribution >= 4 is 23.6 Å². The molecule has 8 heteroatoms. The molecule has 0 spiro atoms. The lowest BCUT2D eigenvalue weighted by Crippen LogP contribution is -2.35. The molecule has 158 valence electrons. The average molecular weight is 435 g/mol. The molecule has 1 N–H and O–H groups in total. The van der Waals surface area contributed by atoms with E-state index in [4.69, 9.17) is 14.6 Å². The van der Waals surface area contributed by atoms with E-state index in [2.05, 4.69) is 5.32 Å². The predicted octanol–water partition coefficient (Wildman–Crippen LogP) is 4.76. The number of thioether (sulfide) groups is 1. The molecule has 7 nitrogen and oxygen atoms in total. The van der Waals surface area contributed by atoms with Crippen molar-refractivity contribution in [2.24, 2.45) is 0 Å². The van der Waals surface area contributed by atoms with Crippen LogP contribution < -0.4 is 5.32 Å². The van der Waals surface area contributed by atoms with E-state index in [-0.39, 0.29) is 12.8 Å². The first-order valence-corrected chi connectivity index (χ1v) is 11.2. The van der Waals surface area contributed by atoms with Gasteiger partial charge in [-0.05, 0) is 24.1 Å². The topological polar surface area (TPSA) is 68.6 Å². The molecule has 0 saturated carbocycles. The second-order valence-corrected chi connectivity index (χ2v) is 8.34. The van der Waals surface area contributed by atoms with Gasteiger partial charge in [-0.1, -0.05) is 48.5 Å². The number of para-hydroxylation sites is 1. The van der Waals surface area contributed by atoms with E-state index >= 15 is 0 Å². The fourth-order valence-corrected chi connectivity index (χ4v) is 4.71. The van der Waals surface area contributed by atoms with Crippen LogP contribution in [0, 0.1) is 6.92 Å². The van der Waals surface area contributed by atoms with Gasteiger partial charge in [-0.3, -0.25) is 10.2 Å². The predicted molar refractivity (Wildman–Crippen MR) is 119 cm³/mol. The third kappa shape index (κ3) is 3.86. The first-order chi connectivity index (χ1) is 15.2. The van der Waals surface area contributed by atoms with Gasteiger partial charge in [-0.15, -0.1) is 0 Å². The van der Waals surface area contributed by atoms with Crippen molar-refractivity contribution in [2.45, 2.75) is 25.0 Å². The smallest absolute Gasteiger partial charge is 0.330 e. The fraction of sp³-hybridized carbons (Fsp3) is 0.217. The lowest BCUT2D eigenvalue weighted by Gasteiger charge is -2.23. The largest absolute Gasteiger partial charge is 0.459 e. The van der Waals surface area contributed by atoms with Crippen molar-refractivity contribution in [1.29, 1.82) is 0 Å². The number of nitrogens with zero attached hydrogens (tertiary/aromatic N) is 3. The van der Waals surface area contributed by atoms with E-state index in [0.29, 0.717) is 18.2 Å². The number of carbonyl (C=O) groups is 1. The Kier molecular flexibility index (Phi) is 5.30. The van der Waals surface area contributed by atoms with Gasteiger partial charge >= 0.3 is 6.03 Å². The number of carbonyl (C=O) groups excluding carboxylic acids is 1. The highest BCUT2D eigenvalue weighted by Crippen LogP contribution is 2.37. The van der Waals surface area contributed by atoms with Crippen LogP contribution in [0.1, 0.15) is 22.4 Å². The lowest BCUT2D eigenvalue weighted by molar-refractivity contribution is 0.0554. The van der Waals surface area contributed by atoms with Gasteiger partial charge in [-0.25, -0.2) is 9.48 Å². The van der Waals surface area contributed by atoms with Gasteiger partial charge in [0.05, 0.1) is 17.9 Å². The molecule has 2 amide bonds. The molecule has 3 aromatic rings. The van der Waals surface area contributed by atoms with Gasteiger partial charge in [0.1, 0.15) is 12.1 Å². The fourth-order valence-electron chi connectivity index (χ4n) is 3.68. The molecular formula is C23H22N4O3S. The Balaban J connectivity index is 1.49. The molecule has 31 heavy (non-hydrogen) atoms. The summed E-state index contributed by atoms with van der Waals surface area (Å²) in [6.45, 7) is 2.50. The van der Waals surface area contributed by atoms with Crippen LogP contribution >= 0.6 is 11.8 Å². The van der Waals surface area contributed by atoms with Crippen molar-refractivity contribution in [3.8, 4) is 5.69 Å². The highest BCUT2D eigenvalue weighted by atomic mass is 32.2. The SMILES string of the molecule is Cc1ccccc1-n1nc2c(c1NC(=O)N(Cc1ccccc1)C1=COCO1)CSC2. The van der Waals surface area contributed by atoms with Gasteiger partial charge in [0.25, 0.3) is 0 Å². The summed E-state index contributed by atoms with van der Waals surface area (Å²) in [4.78, 5) is 15.0. The second kappa shape index (κ2) is 8.39. The molecule has 2 aliphatic heterocycles. The van der Waals surface area contributed by atoms with E-state index in [1.54, 1.807) is 16.7 Å². The zero-order chi connectivity index (χ0) is 21.2. The van der Waals surface area contributed by atoms with Crippen molar-refractivity contribution in [2.75, 3.05) is 12.1 Å². The molecule has 0 saturated heterocycles. The van der Waals surface area contributed by atoms with E-state index in [0.717, 1.165) is 39.6 Å². The minimum atomic E-state index is -0.296. The number of nitrogens with one attached hydrogen (secondary N) is 1. The minimum absolute atomic E-state index is 0.0983. The van der Waals surface area contributed by atoms with E-state index < -0.39 is 0 Å². The first kappa shape index (κ1) is 19.6. The van der Waals surface area contributed by atoms with Gasteiger partial charge in [0.2, 0.25) is 12.7 Å². The maximum Gasteiger partial charge on any atom is 0.330 e. The van der Waals surface area contributed by atoms with Crippen molar-refractivity contribution in [3.05, 3.63) is 89.1 Å². The number of aromatic nitrogens is 2. The van der Waals surface area contributed by atoms with Crippen LogP contribution in [-0.4, -0.2) is 27.5 Å². The highest BCUT2D eigenvalue weighted by Gasteiger charge is 2.29. The van der Waals surface area contributed by atoms with Crippen LogP contribution in [0.3, 0.4) is 0 Å². The summed E-state index contributed by atoms with van der Waals surface area (Å²) >= 11 is 1.80. The number of anilines is 1. The molecule has 0 aliphatic carbocycles. The van der Waals surface area contributed by atoms with Gasteiger partial charge in [0, 0.05) is 17.1 Å². The maximum absolute atomic E-state index is 13.5. The molecule has 0 atom stereocenters. The lowest BCUT2D eigenvalue weighted by atomic mass is 10.2. The summed E-state index contributed by atoms with van der Waals surface area (Å²) < 4.78 is 12.6. The monoisotopic (exact) mass is 434 g/mol. The Hall–Kier alpha value is -3.39. The number of benzene rings is 2. The molecule has 2 aromatic carbocycles. The molecule has 5 rings (SSSR count). The summed E-state index contributed by atoms with van der Waals surface area (Å²) in [5, 5.41) is 7.92. The molecule has 2 aliphatic rings. The second-order valence-electron chi connectivity index (χ2n) is 7.35. The zero-order valence-electron chi connectivity index (χ0n) is 17.1. The number of hydrogen-bond acceptors (Lipinski definition) is 5. The average Bonchev–Trinajstić information content (AvgIpc) is 3.52. The minimum Gasteiger partial charge on any atom is -0.459 e. The number of urea groups is 1. The van der Waals surface area contributed by atoms with Crippen LogP contribution in [0.25, 0.3) is 5.69 Å². The molecular weight excluding hydrogens is 412 g/mol. The Bertz CT molecular complexity index is 1140. The first-order valence-electron chi connectivity index (χ1n) is 10.0. The number of amides is 2. The Morgan fingerprint density at radius 1 is 1.16 bits per heavy atom. The maximum atomic E-state index is 13.5. The summed E-state index contributed by atoms with van der Waals surface area (Å²) in [6.07, 6.45) is 1.47. The third-order valence-corrected chi connectivity index (χ3v) is 6.24. The van der Waals surface area contributed by atoms with Gasteiger partial charge < -0.3 is 9.47 Å². The molecule has 3 heterocycles. The highest BCUT2D eigenvalue weighted by molar-refractivity contribution is 7.98. The normalized spacial score (nSPS) is 14.4. The third-order valence-electron chi connectivity index (χ3n) is 5.27. The van der Waals surface area contributed by atoms with Crippen LogP contribution in [0.15, 0.2) is 66.7 Å². The van der Waals surface area contributed by atoms with Crippen LogP contribution in [0.4, 0.5) is 10.6 Å². The molecule has 0 fully saturated rings. The summed E-state index contributed by atoms with van der Waals surface area (Å²) in [7, 11) is 0. The van der Waals surface area contributed by atoms with E-state index in [9.17, 15) is 4.79 Å². The van der Waals surface area contributed by atoms with Gasteiger partial charge in [0.15, 0.2) is 0 Å². The van der Waals surface area contributed by atoms with Crippen LogP contribution in [0.5, 0.6) is 0 Å². The molecule has 0 bridgehead atoms. The number of ether oxygens (including phenoxy) is 2. The zero-order valence-corrected chi connectivity index (χ0v) is 17.9. The van der Waals surface area contributed by atoms with Gasteiger partial charge in [-0.2, -0.15) is 16.9 Å². The molecule has 0 radical (unpaired) electrons. The summed E-state index contributed by atoms with van der Waals surface area (Å²) in [6, 6.07) is 17.5. The Labute approximate surface area is 184 Å². The number of rotatable bonds is 5. The molecule has 1 aromatic heterocycles. The van der Waals surface area contributed by atoms with Crippen molar-refractivity contribution < 1.29 is 14.3 Å².